The summed E-state index contributed by atoms with van der Waals surface area (Å²) < 4.78 is 5.21. The highest BCUT2D eigenvalue weighted by molar-refractivity contribution is 7.99. The summed E-state index contributed by atoms with van der Waals surface area (Å²) in [7, 11) is 1.61. The molecule has 0 aromatic heterocycles. The maximum Gasteiger partial charge on any atom is 0.242 e. The molecule has 0 unspecified atom stereocenters. The topological polar surface area (TPSA) is 58.6 Å². The molecule has 0 fully saturated rings. The molecule has 2 rings (SSSR count). The minimum absolute atomic E-state index is 0.0676. The molecule has 2 aromatic rings. The molecule has 0 bridgehead atoms. The van der Waals surface area contributed by atoms with Gasteiger partial charge in [0.05, 0.1) is 12.9 Å². The normalized spacial score (nSPS) is 11.8. The Balaban J connectivity index is 2.05. The number of nitrogens with one attached hydrogen (secondary N) is 1. The van der Waals surface area contributed by atoms with Crippen molar-refractivity contribution >= 4 is 35.2 Å². The Morgan fingerprint density at radius 1 is 1.03 bits per heavy atom. The molecule has 7 heteroatoms. The Morgan fingerprint density at radius 2 is 1.65 bits per heavy atom. The van der Waals surface area contributed by atoms with Gasteiger partial charge in [0.15, 0.2) is 0 Å². The zero-order chi connectivity index (χ0) is 22.8. The molecule has 0 saturated carbocycles. The average molecular weight is 463 g/mol. The molecule has 2 aromatic carbocycles. The number of nitrogens with zero attached hydrogens (tertiary/aromatic N) is 1. The summed E-state index contributed by atoms with van der Waals surface area (Å²) in [5, 5.41) is 3.63. The molecule has 5 nitrogen and oxygen atoms in total. The summed E-state index contributed by atoms with van der Waals surface area (Å²) in [6, 6.07) is 14.6. The third kappa shape index (κ3) is 8.46. The molecule has 0 heterocycles. The van der Waals surface area contributed by atoms with Crippen molar-refractivity contribution in [2.75, 3.05) is 19.4 Å². The molecule has 0 radical (unpaired) electrons. The number of rotatable bonds is 11. The summed E-state index contributed by atoms with van der Waals surface area (Å²) in [5.41, 5.74) is 2.05. The van der Waals surface area contributed by atoms with Crippen LogP contribution in [0.25, 0.3) is 0 Å². The van der Waals surface area contributed by atoms with E-state index in [1.165, 1.54) is 11.8 Å². The zero-order valence-corrected chi connectivity index (χ0v) is 20.1. The third-order valence-corrected chi connectivity index (χ3v) is 6.01. The van der Waals surface area contributed by atoms with Gasteiger partial charge in [-0.05, 0) is 48.2 Å². The lowest BCUT2D eigenvalue weighted by atomic mass is 10.1. The van der Waals surface area contributed by atoms with Crippen LogP contribution in [-0.4, -0.2) is 42.2 Å². The van der Waals surface area contributed by atoms with Crippen LogP contribution < -0.4 is 10.1 Å². The summed E-state index contributed by atoms with van der Waals surface area (Å²) in [6.45, 7) is 6.80. The molecular weight excluding hydrogens is 432 g/mol. The predicted molar refractivity (Wildman–Crippen MR) is 128 cm³/mol. The van der Waals surface area contributed by atoms with Crippen molar-refractivity contribution in [2.45, 2.75) is 39.1 Å². The van der Waals surface area contributed by atoms with Gasteiger partial charge in [0, 0.05) is 23.9 Å². The minimum atomic E-state index is -0.565. The van der Waals surface area contributed by atoms with Crippen molar-refractivity contribution < 1.29 is 14.3 Å². The average Bonchev–Trinajstić information content (AvgIpc) is 2.77. The van der Waals surface area contributed by atoms with Crippen molar-refractivity contribution in [2.24, 2.45) is 5.92 Å². The second-order valence-electron chi connectivity index (χ2n) is 7.80. The van der Waals surface area contributed by atoms with Gasteiger partial charge in [0.25, 0.3) is 0 Å². The van der Waals surface area contributed by atoms with Gasteiger partial charge in [-0.15, -0.1) is 11.8 Å². The Morgan fingerprint density at radius 3 is 2.23 bits per heavy atom. The van der Waals surface area contributed by atoms with Gasteiger partial charge in [-0.3, -0.25) is 9.59 Å². The van der Waals surface area contributed by atoms with E-state index in [-0.39, 0.29) is 11.8 Å². The molecule has 168 valence electrons. The highest BCUT2D eigenvalue weighted by Crippen LogP contribution is 2.19. The number of halogens is 1. The summed E-state index contributed by atoms with van der Waals surface area (Å²) >= 11 is 7.46. The van der Waals surface area contributed by atoms with Crippen LogP contribution in [0, 0.1) is 5.92 Å². The van der Waals surface area contributed by atoms with Crippen LogP contribution in [-0.2, 0) is 21.9 Å². The van der Waals surface area contributed by atoms with Gasteiger partial charge in [-0.1, -0.05) is 49.7 Å². The quantitative estimate of drug-likeness (QED) is 0.522. The fourth-order valence-electron chi connectivity index (χ4n) is 2.88. The summed E-state index contributed by atoms with van der Waals surface area (Å²) in [6.07, 6.45) is 0. The van der Waals surface area contributed by atoms with Crippen LogP contribution in [0.3, 0.4) is 0 Å². The standard InChI is InChI=1S/C24H31ClN2O3S/c1-17(2)13-26-24(29)18(3)27(14-19-7-11-22(30-4)12-8-19)23(28)16-31-15-20-5-9-21(25)10-6-20/h5-12,17-18H,13-16H2,1-4H3,(H,26,29)/t18-/m0/s1. The molecule has 0 aliphatic heterocycles. The zero-order valence-electron chi connectivity index (χ0n) is 18.6. The maximum atomic E-state index is 13.1. The highest BCUT2D eigenvalue weighted by atomic mass is 35.5. The van der Waals surface area contributed by atoms with E-state index in [0.29, 0.717) is 35.5 Å². The van der Waals surface area contributed by atoms with Crippen LogP contribution in [0.15, 0.2) is 48.5 Å². The number of benzene rings is 2. The van der Waals surface area contributed by atoms with Crippen LogP contribution in [0.1, 0.15) is 31.9 Å². The molecular formula is C24H31ClN2O3S. The van der Waals surface area contributed by atoms with Gasteiger partial charge in [-0.25, -0.2) is 0 Å². The molecule has 0 aliphatic carbocycles. The molecule has 1 N–H and O–H groups in total. The van der Waals surface area contributed by atoms with Crippen molar-refractivity contribution in [1.82, 2.24) is 10.2 Å². The first-order chi connectivity index (χ1) is 14.8. The second kappa shape index (κ2) is 12.6. The molecule has 0 spiro atoms. The molecule has 1 atom stereocenters. The first-order valence-electron chi connectivity index (χ1n) is 10.3. The number of methoxy groups -OCH3 is 1. The lowest BCUT2D eigenvalue weighted by molar-refractivity contribution is -0.138. The number of amides is 2. The number of hydrogen-bond acceptors (Lipinski definition) is 4. The van der Waals surface area contributed by atoms with Crippen LogP contribution in [0.2, 0.25) is 5.02 Å². The second-order valence-corrected chi connectivity index (χ2v) is 9.23. The van der Waals surface area contributed by atoms with E-state index < -0.39 is 6.04 Å². The minimum Gasteiger partial charge on any atom is -0.497 e. The van der Waals surface area contributed by atoms with Gasteiger partial charge < -0.3 is 15.0 Å². The first-order valence-corrected chi connectivity index (χ1v) is 11.9. The number of ether oxygens (including phenoxy) is 1. The van der Waals surface area contributed by atoms with Crippen molar-refractivity contribution in [1.29, 1.82) is 0 Å². The van der Waals surface area contributed by atoms with E-state index in [0.717, 1.165) is 16.9 Å². The van der Waals surface area contributed by atoms with E-state index in [1.807, 2.05) is 62.4 Å². The van der Waals surface area contributed by atoms with E-state index in [4.69, 9.17) is 16.3 Å². The fourth-order valence-corrected chi connectivity index (χ4v) is 3.88. The number of carbonyl (C=O) groups excluding carboxylic acids is 2. The highest BCUT2D eigenvalue weighted by Gasteiger charge is 2.26. The number of carbonyl (C=O) groups is 2. The molecule has 0 saturated heterocycles. The van der Waals surface area contributed by atoms with E-state index in [9.17, 15) is 9.59 Å². The van der Waals surface area contributed by atoms with E-state index in [1.54, 1.807) is 18.9 Å². The third-order valence-electron chi connectivity index (χ3n) is 4.77. The Labute approximate surface area is 194 Å². The smallest absolute Gasteiger partial charge is 0.242 e. The predicted octanol–water partition coefficient (Wildman–Crippen LogP) is 4.77. The lowest BCUT2D eigenvalue weighted by Crippen LogP contribution is -2.48. The largest absolute Gasteiger partial charge is 0.497 e. The summed E-state index contributed by atoms with van der Waals surface area (Å²) in [5.74, 6) is 1.88. The van der Waals surface area contributed by atoms with Gasteiger partial charge >= 0.3 is 0 Å². The number of thioether (sulfide) groups is 1. The first kappa shape index (κ1) is 25.1. The summed E-state index contributed by atoms with van der Waals surface area (Å²) in [4.78, 5) is 27.4. The number of hydrogen-bond donors (Lipinski definition) is 1. The van der Waals surface area contributed by atoms with Crippen molar-refractivity contribution in [3.63, 3.8) is 0 Å². The van der Waals surface area contributed by atoms with Crippen LogP contribution in [0.4, 0.5) is 0 Å². The van der Waals surface area contributed by atoms with Gasteiger partial charge in [0.1, 0.15) is 11.8 Å². The fraction of sp³-hybridized carbons (Fsp3) is 0.417. The lowest BCUT2D eigenvalue weighted by Gasteiger charge is -2.29. The van der Waals surface area contributed by atoms with Gasteiger partial charge in [-0.2, -0.15) is 0 Å². The van der Waals surface area contributed by atoms with E-state index >= 15 is 0 Å². The Kier molecular flexibility index (Phi) is 10.2. The Hall–Kier alpha value is -2.18. The van der Waals surface area contributed by atoms with E-state index in [2.05, 4.69) is 5.32 Å². The molecule has 2 amide bonds. The van der Waals surface area contributed by atoms with Crippen molar-refractivity contribution in [3.8, 4) is 5.75 Å². The maximum absolute atomic E-state index is 13.1. The molecule has 0 aliphatic rings. The Bertz CT molecular complexity index is 841. The van der Waals surface area contributed by atoms with Crippen LogP contribution in [0.5, 0.6) is 5.75 Å². The van der Waals surface area contributed by atoms with Crippen LogP contribution >= 0.6 is 23.4 Å². The van der Waals surface area contributed by atoms with Crippen molar-refractivity contribution in [3.05, 3.63) is 64.7 Å². The monoisotopic (exact) mass is 462 g/mol. The molecule has 31 heavy (non-hydrogen) atoms. The SMILES string of the molecule is COc1ccc(CN(C(=O)CSCc2ccc(Cl)cc2)[C@@H](C)C(=O)NCC(C)C)cc1. The van der Waals surface area contributed by atoms with Gasteiger partial charge in [0.2, 0.25) is 11.8 Å².